The second-order valence-electron chi connectivity index (χ2n) is 11.6. The Bertz CT molecular complexity index is 647. The Kier molecular flexibility index (Phi) is 4.83. The average molecular weight is 389 g/mol. The molecule has 7 atom stereocenters. The van der Waals surface area contributed by atoms with Crippen LogP contribution in [0.25, 0.3) is 0 Å². The van der Waals surface area contributed by atoms with Crippen molar-refractivity contribution in [1.29, 1.82) is 0 Å². The van der Waals surface area contributed by atoms with Gasteiger partial charge in [0.1, 0.15) is 5.78 Å². The van der Waals surface area contributed by atoms with Gasteiger partial charge in [-0.1, -0.05) is 25.5 Å². The van der Waals surface area contributed by atoms with Gasteiger partial charge in [0.05, 0.1) is 0 Å². The normalized spacial score (nSPS) is 46.9. The van der Waals surface area contributed by atoms with Crippen LogP contribution in [-0.2, 0) is 9.22 Å². The van der Waals surface area contributed by atoms with Gasteiger partial charge >= 0.3 is 0 Å². The van der Waals surface area contributed by atoms with Gasteiger partial charge in [0, 0.05) is 12.0 Å². The van der Waals surface area contributed by atoms with Gasteiger partial charge in [-0.05, 0) is 107 Å². The standard InChI is InChI=1S/C24H40O2Si/c1-16(25)20-9-10-21-19-8-7-17-15-18(26-27(4,5)6)11-13-23(17,2)22(19)12-14-24(20,21)3/h7,18-22H,8-15H2,1-6H3/t18-,19-,20+,21-,22-,23-,24+/m0/s1. The summed E-state index contributed by atoms with van der Waals surface area (Å²) in [5.41, 5.74) is 2.37. The number of Topliss-reactive ketones (excluding diaryl/α,β-unsaturated/α-hetero) is 1. The Labute approximate surface area is 167 Å². The number of hydrogen-bond donors (Lipinski definition) is 0. The first-order chi connectivity index (χ1) is 12.5. The van der Waals surface area contributed by atoms with Gasteiger partial charge in [0.15, 0.2) is 8.32 Å². The third-order valence-electron chi connectivity index (χ3n) is 9.07. The van der Waals surface area contributed by atoms with Gasteiger partial charge in [-0.2, -0.15) is 0 Å². The maximum Gasteiger partial charge on any atom is 0.184 e. The van der Waals surface area contributed by atoms with Gasteiger partial charge in [0.25, 0.3) is 0 Å². The molecule has 0 unspecified atom stereocenters. The molecule has 4 rings (SSSR count). The minimum Gasteiger partial charge on any atom is -0.414 e. The lowest BCUT2D eigenvalue weighted by Gasteiger charge is -2.58. The van der Waals surface area contributed by atoms with Crippen LogP contribution in [0, 0.1) is 34.5 Å². The van der Waals surface area contributed by atoms with Crippen molar-refractivity contribution < 1.29 is 9.22 Å². The fourth-order valence-electron chi connectivity index (χ4n) is 7.90. The van der Waals surface area contributed by atoms with Gasteiger partial charge < -0.3 is 4.43 Å². The first-order valence-corrected chi connectivity index (χ1v) is 14.8. The Hall–Kier alpha value is -0.413. The highest BCUT2D eigenvalue weighted by Gasteiger charge is 2.59. The maximum absolute atomic E-state index is 12.3. The monoisotopic (exact) mass is 388 g/mol. The predicted octanol–water partition coefficient (Wildman–Crippen LogP) is 6.37. The number of hydrogen-bond acceptors (Lipinski definition) is 2. The molecule has 0 heterocycles. The zero-order valence-corrected chi connectivity index (χ0v) is 19.4. The van der Waals surface area contributed by atoms with E-state index in [-0.39, 0.29) is 5.41 Å². The fraction of sp³-hybridized carbons (Fsp3) is 0.875. The van der Waals surface area contributed by atoms with Crippen LogP contribution in [0.2, 0.25) is 19.6 Å². The third kappa shape index (κ3) is 3.21. The van der Waals surface area contributed by atoms with E-state index < -0.39 is 8.32 Å². The Morgan fingerprint density at radius 1 is 1.07 bits per heavy atom. The van der Waals surface area contributed by atoms with Crippen LogP contribution in [0.15, 0.2) is 11.6 Å². The van der Waals surface area contributed by atoms with E-state index in [1.807, 2.05) is 6.92 Å². The summed E-state index contributed by atoms with van der Waals surface area (Å²) < 4.78 is 6.50. The summed E-state index contributed by atoms with van der Waals surface area (Å²) in [6, 6.07) is 0. The summed E-state index contributed by atoms with van der Waals surface area (Å²) in [7, 11) is -1.47. The Morgan fingerprint density at radius 3 is 2.48 bits per heavy atom. The summed E-state index contributed by atoms with van der Waals surface area (Å²) >= 11 is 0. The van der Waals surface area contributed by atoms with Crippen LogP contribution in [0.1, 0.15) is 72.1 Å². The van der Waals surface area contributed by atoms with Crippen molar-refractivity contribution in [3.05, 3.63) is 11.6 Å². The van der Waals surface area contributed by atoms with Crippen LogP contribution in [0.5, 0.6) is 0 Å². The van der Waals surface area contributed by atoms with Gasteiger partial charge in [-0.25, -0.2) is 0 Å². The number of ketones is 1. The SMILES string of the molecule is CC(=O)[C@H]1CC[C@H]2[C@@H]3CC=C4C[C@@H](O[Si](C)(C)C)CC[C@]4(C)[C@H]3CC[C@]12C. The number of rotatable bonds is 3. The summed E-state index contributed by atoms with van der Waals surface area (Å²) in [6.07, 6.45) is 13.0. The van der Waals surface area contributed by atoms with Crippen molar-refractivity contribution in [2.75, 3.05) is 0 Å². The van der Waals surface area contributed by atoms with Crippen LogP contribution >= 0.6 is 0 Å². The molecule has 0 aromatic heterocycles. The van der Waals surface area contributed by atoms with Crippen molar-refractivity contribution in [2.24, 2.45) is 34.5 Å². The van der Waals surface area contributed by atoms with Crippen molar-refractivity contribution in [3.63, 3.8) is 0 Å². The predicted molar refractivity (Wildman–Crippen MR) is 114 cm³/mol. The molecular formula is C24H40O2Si. The molecule has 152 valence electrons. The van der Waals surface area contributed by atoms with E-state index in [1.165, 1.54) is 44.9 Å². The summed E-state index contributed by atoms with van der Waals surface area (Å²) in [4.78, 5) is 12.3. The van der Waals surface area contributed by atoms with E-state index in [9.17, 15) is 4.79 Å². The van der Waals surface area contributed by atoms with E-state index in [1.54, 1.807) is 5.57 Å². The lowest BCUT2D eigenvalue weighted by molar-refractivity contribution is -0.127. The molecule has 27 heavy (non-hydrogen) atoms. The molecule has 0 saturated heterocycles. The molecule has 0 aromatic rings. The van der Waals surface area contributed by atoms with Crippen molar-refractivity contribution in [2.45, 2.75) is 97.9 Å². The van der Waals surface area contributed by atoms with E-state index in [0.717, 1.165) is 24.2 Å². The van der Waals surface area contributed by atoms with Crippen molar-refractivity contribution >= 4 is 14.1 Å². The molecule has 4 aliphatic rings. The van der Waals surface area contributed by atoms with E-state index >= 15 is 0 Å². The quantitative estimate of drug-likeness (QED) is 0.414. The van der Waals surface area contributed by atoms with Gasteiger partial charge in [-0.3, -0.25) is 4.79 Å². The van der Waals surface area contributed by atoms with Gasteiger partial charge in [-0.15, -0.1) is 0 Å². The Balaban J connectivity index is 1.57. The number of carbonyl (C=O) groups excluding carboxylic acids is 1. The molecule has 2 nitrogen and oxygen atoms in total. The van der Waals surface area contributed by atoms with Crippen molar-refractivity contribution in [1.82, 2.24) is 0 Å². The average Bonchev–Trinajstić information content (AvgIpc) is 2.91. The highest BCUT2D eigenvalue weighted by atomic mass is 28.4. The second kappa shape index (κ2) is 6.55. The highest BCUT2D eigenvalue weighted by Crippen LogP contribution is 2.66. The lowest BCUT2D eigenvalue weighted by atomic mass is 9.47. The molecule has 0 bridgehead atoms. The summed E-state index contributed by atoms with van der Waals surface area (Å²) in [5.74, 6) is 3.16. The first kappa shape index (κ1) is 19.9. The molecule has 0 radical (unpaired) electrons. The minimum atomic E-state index is -1.47. The molecule has 3 heteroatoms. The molecule has 3 saturated carbocycles. The lowest BCUT2D eigenvalue weighted by Crippen LogP contribution is -2.51. The van der Waals surface area contributed by atoms with Crippen molar-refractivity contribution in [3.8, 4) is 0 Å². The topological polar surface area (TPSA) is 26.3 Å². The molecule has 0 aliphatic heterocycles. The number of fused-ring (bicyclic) bond motifs is 5. The van der Waals surface area contributed by atoms with Crippen LogP contribution in [0.3, 0.4) is 0 Å². The number of carbonyl (C=O) groups is 1. The zero-order valence-electron chi connectivity index (χ0n) is 18.4. The van der Waals surface area contributed by atoms with E-state index in [2.05, 4.69) is 39.6 Å². The maximum atomic E-state index is 12.3. The van der Waals surface area contributed by atoms with Crippen LogP contribution < -0.4 is 0 Å². The molecule has 0 spiro atoms. The smallest absolute Gasteiger partial charge is 0.184 e. The highest BCUT2D eigenvalue weighted by molar-refractivity contribution is 6.69. The summed E-state index contributed by atoms with van der Waals surface area (Å²) in [6.45, 7) is 13.8. The fourth-order valence-corrected chi connectivity index (χ4v) is 9.10. The minimum absolute atomic E-state index is 0.271. The molecule has 0 aromatic carbocycles. The molecule has 4 aliphatic carbocycles. The zero-order chi connectivity index (χ0) is 19.6. The molecule has 0 N–H and O–H groups in total. The second-order valence-corrected chi connectivity index (χ2v) is 16.1. The first-order valence-electron chi connectivity index (χ1n) is 11.4. The third-order valence-corrected chi connectivity index (χ3v) is 10.1. The number of allylic oxidation sites excluding steroid dienone is 1. The molecular weight excluding hydrogens is 348 g/mol. The van der Waals surface area contributed by atoms with E-state index in [4.69, 9.17) is 4.43 Å². The molecule has 0 amide bonds. The van der Waals surface area contributed by atoms with Gasteiger partial charge in [0.2, 0.25) is 0 Å². The van der Waals surface area contributed by atoms with Crippen LogP contribution in [-0.4, -0.2) is 20.2 Å². The Morgan fingerprint density at radius 2 is 1.81 bits per heavy atom. The molecule has 3 fully saturated rings. The largest absolute Gasteiger partial charge is 0.414 e. The van der Waals surface area contributed by atoms with Crippen LogP contribution in [0.4, 0.5) is 0 Å². The summed E-state index contributed by atoms with van der Waals surface area (Å²) in [5, 5.41) is 0. The van der Waals surface area contributed by atoms with E-state index in [0.29, 0.717) is 23.2 Å².